The van der Waals surface area contributed by atoms with Crippen molar-refractivity contribution >= 4 is 5.97 Å². The van der Waals surface area contributed by atoms with Crippen LogP contribution in [0.4, 0.5) is 0 Å². The molecule has 2 N–H and O–H groups in total. The third kappa shape index (κ3) is 2.26. The Kier molecular flexibility index (Phi) is 3.14. The summed E-state index contributed by atoms with van der Waals surface area (Å²) in [7, 11) is 0. The van der Waals surface area contributed by atoms with E-state index in [1.807, 2.05) is 13.0 Å². The molecular formula is C9H15NO2. The van der Waals surface area contributed by atoms with Gasteiger partial charge in [0.15, 0.2) is 0 Å². The van der Waals surface area contributed by atoms with Crippen molar-refractivity contribution in [2.75, 3.05) is 6.61 Å². The molecule has 0 fully saturated rings. The summed E-state index contributed by atoms with van der Waals surface area (Å²) in [5.41, 5.74) is 6.48. The number of carbonyl (C=O) groups excluding carboxylic acids is 1. The minimum absolute atomic E-state index is 0.0391. The average molecular weight is 169 g/mol. The van der Waals surface area contributed by atoms with Crippen LogP contribution in [0.5, 0.6) is 0 Å². The van der Waals surface area contributed by atoms with E-state index in [-0.39, 0.29) is 11.9 Å². The second-order valence-corrected chi connectivity index (χ2v) is 3.00. The summed E-state index contributed by atoms with van der Waals surface area (Å²) >= 11 is 0. The maximum absolute atomic E-state index is 11.2. The van der Waals surface area contributed by atoms with Crippen molar-refractivity contribution in [2.45, 2.75) is 26.2 Å². The van der Waals surface area contributed by atoms with Crippen molar-refractivity contribution in [1.29, 1.82) is 0 Å². The van der Waals surface area contributed by atoms with E-state index in [0.29, 0.717) is 6.61 Å². The Morgan fingerprint density at radius 3 is 3.08 bits per heavy atom. The molecule has 0 saturated heterocycles. The van der Waals surface area contributed by atoms with Gasteiger partial charge in [-0.3, -0.25) is 4.79 Å². The van der Waals surface area contributed by atoms with Crippen molar-refractivity contribution in [3.8, 4) is 0 Å². The van der Waals surface area contributed by atoms with E-state index in [2.05, 4.69) is 0 Å². The summed E-state index contributed by atoms with van der Waals surface area (Å²) in [5, 5.41) is 0. The van der Waals surface area contributed by atoms with Gasteiger partial charge < -0.3 is 10.5 Å². The lowest BCUT2D eigenvalue weighted by atomic mass is 9.93. The van der Waals surface area contributed by atoms with Crippen LogP contribution in [-0.4, -0.2) is 12.6 Å². The molecule has 1 atom stereocenters. The van der Waals surface area contributed by atoms with Gasteiger partial charge in [0, 0.05) is 5.70 Å². The van der Waals surface area contributed by atoms with Crippen LogP contribution in [0.3, 0.4) is 0 Å². The third-order valence-corrected chi connectivity index (χ3v) is 2.07. The molecule has 0 aromatic heterocycles. The fourth-order valence-electron chi connectivity index (χ4n) is 1.33. The minimum atomic E-state index is -0.0822. The van der Waals surface area contributed by atoms with Crippen LogP contribution in [0.15, 0.2) is 11.8 Å². The van der Waals surface area contributed by atoms with Crippen LogP contribution in [0.25, 0.3) is 0 Å². The Hall–Kier alpha value is -0.990. The molecule has 3 nitrogen and oxygen atoms in total. The Morgan fingerprint density at radius 1 is 1.83 bits per heavy atom. The highest BCUT2D eigenvalue weighted by Crippen LogP contribution is 2.21. The molecule has 0 heterocycles. The predicted octanol–water partition coefficient (Wildman–Crippen LogP) is 1.19. The number of esters is 1. The van der Waals surface area contributed by atoms with E-state index in [4.69, 9.17) is 10.5 Å². The van der Waals surface area contributed by atoms with Crippen molar-refractivity contribution in [1.82, 2.24) is 0 Å². The quantitative estimate of drug-likeness (QED) is 0.632. The fraction of sp³-hybridized carbons (Fsp3) is 0.667. The van der Waals surface area contributed by atoms with Gasteiger partial charge >= 0.3 is 5.97 Å². The number of allylic oxidation sites excluding steroid dienone is 2. The Bertz CT molecular complexity index is 199. The molecule has 0 bridgehead atoms. The summed E-state index contributed by atoms with van der Waals surface area (Å²) in [6, 6.07) is 0. The summed E-state index contributed by atoms with van der Waals surface area (Å²) < 4.78 is 4.91. The number of nitrogens with two attached hydrogens (primary N) is 1. The smallest absolute Gasteiger partial charge is 0.309 e. The van der Waals surface area contributed by atoms with E-state index in [0.717, 1.165) is 25.0 Å². The first kappa shape index (κ1) is 9.10. The summed E-state index contributed by atoms with van der Waals surface area (Å²) in [6.45, 7) is 2.29. The molecule has 1 aliphatic rings. The molecule has 3 heteroatoms. The molecule has 0 aromatic carbocycles. The summed E-state index contributed by atoms with van der Waals surface area (Å²) in [6.07, 6.45) is 4.32. The predicted molar refractivity (Wildman–Crippen MR) is 46.2 cm³/mol. The van der Waals surface area contributed by atoms with Crippen LogP contribution in [0.2, 0.25) is 0 Å². The second kappa shape index (κ2) is 4.14. The lowest BCUT2D eigenvalue weighted by Gasteiger charge is -2.17. The van der Waals surface area contributed by atoms with Crippen molar-refractivity contribution in [2.24, 2.45) is 11.7 Å². The molecule has 0 aliphatic heterocycles. The highest BCUT2D eigenvalue weighted by atomic mass is 16.5. The Morgan fingerprint density at radius 2 is 2.58 bits per heavy atom. The van der Waals surface area contributed by atoms with Gasteiger partial charge in [0.1, 0.15) is 0 Å². The molecule has 0 spiro atoms. The van der Waals surface area contributed by atoms with Gasteiger partial charge in [-0.2, -0.15) is 0 Å². The van der Waals surface area contributed by atoms with Crippen LogP contribution >= 0.6 is 0 Å². The van der Waals surface area contributed by atoms with Crippen LogP contribution in [0.1, 0.15) is 26.2 Å². The molecule has 68 valence electrons. The van der Waals surface area contributed by atoms with Crippen molar-refractivity contribution in [3.63, 3.8) is 0 Å². The highest BCUT2D eigenvalue weighted by molar-refractivity contribution is 5.72. The fourth-order valence-corrected chi connectivity index (χ4v) is 1.33. The van der Waals surface area contributed by atoms with Crippen LogP contribution in [-0.2, 0) is 9.53 Å². The van der Waals surface area contributed by atoms with Crippen molar-refractivity contribution < 1.29 is 9.53 Å². The SMILES string of the molecule is CCOC(=O)C1CC=C(N)CC1. The highest BCUT2D eigenvalue weighted by Gasteiger charge is 2.21. The third-order valence-electron chi connectivity index (χ3n) is 2.07. The Balaban J connectivity index is 2.40. The maximum Gasteiger partial charge on any atom is 0.309 e. The van der Waals surface area contributed by atoms with Crippen LogP contribution in [0, 0.1) is 5.92 Å². The van der Waals surface area contributed by atoms with E-state index in [1.54, 1.807) is 0 Å². The van der Waals surface area contributed by atoms with Gasteiger partial charge in [-0.25, -0.2) is 0 Å². The summed E-state index contributed by atoms with van der Waals surface area (Å²) in [5.74, 6) is -0.0431. The van der Waals surface area contributed by atoms with E-state index < -0.39 is 0 Å². The molecule has 12 heavy (non-hydrogen) atoms. The van der Waals surface area contributed by atoms with Crippen molar-refractivity contribution in [3.05, 3.63) is 11.8 Å². The van der Waals surface area contributed by atoms with Gasteiger partial charge in [-0.1, -0.05) is 6.08 Å². The number of rotatable bonds is 2. The normalized spacial score (nSPS) is 23.1. The Labute approximate surface area is 72.6 Å². The zero-order valence-electron chi connectivity index (χ0n) is 7.38. The van der Waals surface area contributed by atoms with Gasteiger partial charge in [-0.05, 0) is 26.2 Å². The molecule has 0 amide bonds. The lowest BCUT2D eigenvalue weighted by molar-refractivity contribution is -0.148. The van der Waals surface area contributed by atoms with Gasteiger partial charge in [0.2, 0.25) is 0 Å². The standard InChI is InChI=1S/C9H15NO2/c1-2-12-9(11)7-3-5-8(10)6-4-7/h5,7H,2-4,6,10H2,1H3. The zero-order valence-corrected chi connectivity index (χ0v) is 7.38. The number of hydrogen-bond acceptors (Lipinski definition) is 3. The molecule has 0 saturated carbocycles. The molecule has 1 unspecified atom stereocenters. The first-order valence-electron chi connectivity index (χ1n) is 4.35. The topological polar surface area (TPSA) is 52.3 Å². The number of ether oxygens (including phenoxy) is 1. The van der Waals surface area contributed by atoms with E-state index in [9.17, 15) is 4.79 Å². The average Bonchev–Trinajstić information content (AvgIpc) is 2.06. The maximum atomic E-state index is 11.2. The van der Waals surface area contributed by atoms with Gasteiger partial charge in [0.05, 0.1) is 12.5 Å². The first-order chi connectivity index (χ1) is 5.74. The molecule has 1 aliphatic carbocycles. The van der Waals surface area contributed by atoms with Gasteiger partial charge in [0.25, 0.3) is 0 Å². The van der Waals surface area contributed by atoms with E-state index in [1.165, 1.54) is 0 Å². The molecule has 1 rings (SSSR count). The molecule has 0 radical (unpaired) electrons. The largest absolute Gasteiger partial charge is 0.466 e. The molecular weight excluding hydrogens is 154 g/mol. The lowest BCUT2D eigenvalue weighted by Crippen LogP contribution is -2.21. The van der Waals surface area contributed by atoms with E-state index >= 15 is 0 Å². The first-order valence-corrected chi connectivity index (χ1v) is 4.35. The monoisotopic (exact) mass is 169 g/mol. The zero-order chi connectivity index (χ0) is 8.97. The van der Waals surface area contributed by atoms with Crippen LogP contribution < -0.4 is 5.73 Å². The second-order valence-electron chi connectivity index (χ2n) is 3.00. The number of hydrogen-bond donors (Lipinski definition) is 1. The minimum Gasteiger partial charge on any atom is -0.466 e. The number of carbonyl (C=O) groups is 1. The molecule has 0 aromatic rings. The summed E-state index contributed by atoms with van der Waals surface area (Å²) in [4.78, 5) is 11.2. The van der Waals surface area contributed by atoms with Gasteiger partial charge in [-0.15, -0.1) is 0 Å².